The molecule has 0 aliphatic heterocycles. The van der Waals surface area contributed by atoms with Gasteiger partial charge in [-0.1, -0.05) is 23.5 Å². The smallest absolute Gasteiger partial charge is 0.585 e. The van der Waals surface area contributed by atoms with Crippen molar-refractivity contribution >= 4 is 32.5 Å². The number of para-hydroxylation sites is 1. The molecule has 0 fully saturated rings. The Balaban J connectivity index is 0.00000205. The molecule has 0 N–H and O–H groups in total. The number of nitrogens with zero attached hydrogens (tertiary/aromatic N) is 5. The predicted octanol–water partition coefficient (Wildman–Crippen LogP) is -0.525. The summed E-state index contributed by atoms with van der Waals surface area (Å²) in [4.78, 5) is 34.2. The van der Waals surface area contributed by atoms with Crippen molar-refractivity contribution in [3.05, 3.63) is 86.8 Å². The van der Waals surface area contributed by atoms with Crippen LogP contribution in [0.3, 0.4) is 0 Å². The molecule has 4 aromatic heterocycles. The zero-order valence-electron chi connectivity index (χ0n) is 15.9. The molecule has 9 heteroatoms. The van der Waals surface area contributed by atoms with Gasteiger partial charge in [-0.3, -0.25) is 14.6 Å². The molecule has 0 aliphatic carbocycles. The second-order valence-electron chi connectivity index (χ2n) is 6.45. The van der Waals surface area contributed by atoms with E-state index in [1.54, 1.807) is 23.9 Å². The quantitative estimate of drug-likeness (QED) is 0.373. The second kappa shape index (κ2) is 7.72. The van der Waals surface area contributed by atoms with Crippen LogP contribution in [0.1, 0.15) is 11.3 Å². The largest absolute Gasteiger partial charge is 1.00 e. The SMILES string of the molecule is Cc1c2c(=O)n(-c3nc4ccccc4s3)[n-]c2cc(=O)n1Cc1ccncc1.[Na+]. The van der Waals surface area contributed by atoms with Crippen LogP contribution in [0.5, 0.6) is 0 Å². The summed E-state index contributed by atoms with van der Waals surface area (Å²) in [7, 11) is 0. The minimum absolute atomic E-state index is 0. The Kier molecular flexibility index (Phi) is 5.26. The molecule has 138 valence electrons. The molecule has 0 bridgehead atoms. The van der Waals surface area contributed by atoms with E-state index in [-0.39, 0.29) is 40.7 Å². The molecular formula is C20H14N5NaO2S. The first kappa shape index (κ1) is 19.8. The maximum absolute atomic E-state index is 13.1. The van der Waals surface area contributed by atoms with Gasteiger partial charge in [0, 0.05) is 23.5 Å². The van der Waals surface area contributed by atoms with Crippen LogP contribution in [0, 0.1) is 6.92 Å². The predicted molar refractivity (Wildman–Crippen MR) is 108 cm³/mol. The summed E-state index contributed by atoms with van der Waals surface area (Å²) >= 11 is 1.39. The van der Waals surface area contributed by atoms with Crippen molar-refractivity contribution in [2.75, 3.05) is 0 Å². The van der Waals surface area contributed by atoms with Gasteiger partial charge in [-0.25, -0.2) is 4.98 Å². The molecule has 4 heterocycles. The van der Waals surface area contributed by atoms with Gasteiger partial charge in [0.25, 0.3) is 0 Å². The maximum atomic E-state index is 13.1. The van der Waals surface area contributed by atoms with Gasteiger partial charge < -0.3 is 14.3 Å². The molecule has 0 atom stereocenters. The number of hydrogen-bond donors (Lipinski definition) is 0. The number of benzene rings is 1. The van der Waals surface area contributed by atoms with Gasteiger partial charge in [0.05, 0.1) is 16.8 Å². The molecule has 7 nitrogen and oxygen atoms in total. The molecule has 29 heavy (non-hydrogen) atoms. The molecule has 5 aromatic rings. The fraction of sp³-hybridized carbons (Fsp3) is 0.100. The number of pyridine rings is 2. The molecule has 5 rings (SSSR count). The Hall–Kier alpha value is -2.52. The van der Waals surface area contributed by atoms with Gasteiger partial charge in [0.2, 0.25) is 11.1 Å². The Morgan fingerprint density at radius 3 is 2.62 bits per heavy atom. The average molecular weight is 411 g/mol. The summed E-state index contributed by atoms with van der Waals surface area (Å²) in [6.07, 6.45) is 3.36. The Morgan fingerprint density at radius 2 is 1.86 bits per heavy atom. The summed E-state index contributed by atoms with van der Waals surface area (Å²) in [6, 6.07) is 12.8. The summed E-state index contributed by atoms with van der Waals surface area (Å²) in [6.45, 7) is 2.14. The third kappa shape index (κ3) is 3.38. The van der Waals surface area contributed by atoms with Gasteiger partial charge in [-0.05, 0) is 42.8 Å². The van der Waals surface area contributed by atoms with Crippen molar-refractivity contribution in [1.29, 1.82) is 0 Å². The molecule has 0 saturated carbocycles. The van der Waals surface area contributed by atoms with Crippen LogP contribution in [0.15, 0.2) is 64.4 Å². The van der Waals surface area contributed by atoms with Crippen LogP contribution < -0.4 is 45.8 Å². The number of aromatic nitrogens is 5. The molecule has 1 aromatic carbocycles. The molecule has 0 unspecified atom stereocenters. The second-order valence-corrected chi connectivity index (χ2v) is 7.46. The van der Waals surface area contributed by atoms with Gasteiger partial charge in [0.15, 0.2) is 5.13 Å². The molecule has 0 radical (unpaired) electrons. The van der Waals surface area contributed by atoms with Crippen LogP contribution in [-0.4, -0.2) is 19.2 Å². The first-order valence-corrected chi connectivity index (χ1v) is 9.48. The van der Waals surface area contributed by atoms with E-state index < -0.39 is 0 Å². The van der Waals surface area contributed by atoms with Crippen LogP contribution in [0.4, 0.5) is 0 Å². The third-order valence-electron chi connectivity index (χ3n) is 4.72. The monoisotopic (exact) mass is 411 g/mol. The molecule has 0 spiro atoms. The van der Waals surface area contributed by atoms with E-state index in [1.165, 1.54) is 22.1 Å². The van der Waals surface area contributed by atoms with Crippen molar-refractivity contribution in [2.45, 2.75) is 13.5 Å². The molecule has 0 saturated heterocycles. The Morgan fingerprint density at radius 1 is 1.10 bits per heavy atom. The Bertz CT molecular complexity index is 1420. The van der Waals surface area contributed by atoms with Gasteiger partial charge >= 0.3 is 29.6 Å². The molecule has 0 amide bonds. The summed E-state index contributed by atoms with van der Waals surface area (Å²) < 4.78 is 3.85. The van der Waals surface area contributed by atoms with E-state index in [2.05, 4.69) is 15.1 Å². The van der Waals surface area contributed by atoms with Gasteiger partial charge in [-0.15, -0.1) is 5.52 Å². The minimum Gasteiger partial charge on any atom is -0.585 e. The number of hydrogen-bond acceptors (Lipinski definition) is 5. The van der Waals surface area contributed by atoms with Crippen molar-refractivity contribution in [3.8, 4) is 5.13 Å². The van der Waals surface area contributed by atoms with Crippen molar-refractivity contribution in [1.82, 2.24) is 24.3 Å². The van der Waals surface area contributed by atoms with Crippen LogP contribution in [-0.2, 0) is 6.54 Å². The third-order valence-corrected chi connectivity index (χ3v) is 5.73. The van der Waals surface area contributed by atoms with Gasteiger partial charge in [-0.2, -0.15) is 0 Å². The summed E-state index contributed by atoms with van der Waals surface area (Å²) in [5.41, 5.74) is 2.27. The van der Waals surface area contributed by atoms with E-state index in [1.807, 2.05) is 36.4 Å². The first-order valence-electron chi connectivity index (χ1n) is 8.67. The Labute approximate surface area is 190 Å². The zero-order valence-corrected chi connectivity index (χ0v) is 18.7. The van der Waals surface area contributed by atoms with E-state index in [0.717, 1.165) is 15.8 Å². The van der Waals surface area contributed by atoms with E-state index in [9.17, 15) is 9.59 Å². The molecule has 0 aliphatic rings. The average Bonchev–Trinajstić information content (AvgIpc) is 3.27. The van der Waals surface area contributed by atoms with Crippen LogP contribution in [0.25, 0.3) is 26.3 Å². The van der Waals surface area contributed by atoms with Crippen molar-refractivity contribution in [3.63, 3.8) is 0 Å². The summed E-state index contributed by atoms with van der Waals surface area (Å²) in [5.74, 6) is 0. The number of fused-ring (bicyclic) bond motifs is 2. The first-order chi connectivity index (χ1) is 13.6. The zero-order chi connectivity index (χ0) is 19.3. The van der Waals surface area contributed by atoms with Crippen LogP contribution in [0.2, 0.25) is 0 Å². The van der Waals surface area contributed by atoms with Crippen molar-refractivity contribution < 1.29 is 29.6 Å². The number of rotatable bonds is 3. The topological polar surface area (TPSA) is 83.9 Å². The normalized spacial score (nSPS) is 11.1. The fourth-order valence-electron chi connectivity index (χ4n) is 3.30. The van der Waals surface area contributed by atoms with Crippen LogP contribution >= 0.6 is 11.3 Å². The maximum Gasteiger partial charge on any atom is 1.00 e. The van der Waals surface area contributed by atoms with E-state index >= 15 is 0 Å². The van der Waals surface area contributed by atoms with E-state index in [0.29, 0.717) is 28.3 Å². The van der Waals surface area contributed by atoms with E-state index in [4.69, 9.17) is 0 Å². The fourth-order valence-corrected chi connectivity index (χ4v) is 4.22. The standard InChI is InChI=1S/C20H15N5O2S.Na/c1-12-18-15(10-17(26)24(12)11-13-6-8-21-9-7-13)23-25(19(18)27)20-22-14-4-2-3-5-16(14)28-20;/h2-10H,11H2,1H3,(H,23,26);/q;+1/p-1. The number of aryl methyl sites for hydroxylation is 1. The number of thiazole rings is 1. The minimum atomic E-state index is -0.268. The van der Waals surface area contributed by atoms with Gasteiger partial charge in [0.1, 0.15) is 0 Å². The molecular weight excluding hydrogens is 397 g/mol. The summed E-state index contributed by atoms with van der Waals surface area (Å²) in [5, 5.41) is 5.31. The van der Waals surface area contributed by atoms with Crippen molar-refractivity contribution in [2.24, 2.45) is 0 Å².